The van der Waals surface area contributed by atoms with Gasteiger partial charge < -0.3 is 9.73 Å². The van der Waals surface area contributed by atoms with Crippen LogP contribution in [0.3, 0.4) is 0 Å². The second-order valence-corrected chi connectivity index (χ2v) is 3.31. The van der Waals surface area contributed by atoms with E-state index in [1.54, 1.807) is 12.5 Å². The van der Waals surface area contributed by atoms with Gasteiger partial charge in [0.15, 0.2) is 0 Å². The summed E-state index contributed by atoms with van der Waals surface area (Å²) in [6, 6.07) is 9.53. The zero-order chi connectivity index (χ0) is 11.2. The minimum atomic E-state index is 0.467. The molecule has 0 fully saturated rings. The average Bonchev–Trinajstić information content (AvgIpc) is 2.83. The molecule has 0 amide bonds. The van der Waals surface area contributed by atoms with Crippen molar-refractivity contribution in [1.29, 1.82) is 5.26 Å². The van der Waals surface area contributed by atoms with E-state index >= 15 is 0 Å². The molecule has 4 heteroatoms. The van der Waals surface area contributed by atoms with Crippen molar-refractivity contribution in [2.45, 2.75) is 13.1 Å². The summed E-state index contributed by atoms with van der Waals surface area (Å²) in [6.07, 6.45) is 3.26. The number of rotatable bonds is 4. The van der Waals surface area contributed by atoms with Crippen molar-refractivity contribution in [2.75, 3.05) is 0 Å². The van der Waals surface area contributed by atoms with Gasteiger partial charge in [-0.25, -0.2) is 4.98 Å². The Morgan fingerprint density at radius 2 is 2.25 bits per heavy atom. The Morgan fingerprint density at radius 1 is 1.31 bits per heavy atom. The van der Waals surface area contributed by atoms with Gasteiger partial charge in [0.05, 0.1) is 12.8 Å². The molecule has 0 saturated heterocycles. The summed E-state index contributed by atoms with van der Waals surface area (Å²) in [4.78, 5) is 3.99. The van der Waals surface area contributed by atoms with E-state index in [9.17, 15) is 0 Å². The molecule has 0 unspecified atom stereocenters. The molecular formula is C12H11N3O. The molecular weight excluding hydrogens is 202 g/mol. The highest BCUT2D eigenvalue weighted by Crippen LogP contribution is 2.04. The molecule has 2 rings (SSSR count). The summed E-state index contributed by atoms with van der Waals surface area (Å²) in [5.74, 6) is 0.877. The normalized spacial score (nSPS) is 9.94. The molecule has 0 aromatic carbocycles. The van der Waals surface area contributed by atoms with E-state index in [4.69, 9.17) is 9.68 Å². The number of hydrogen-bond acceptors (Lipinski definition) is 4. The topological polar surface area (TPSA) is 61.9 Å². The first-order chi connectivity index (χ1) is 7.90. The van der Waals surface area contributed by atoms with Crippen molar-refractivity contribution in [1.82, 2.24) is 10.3 Å². The van der Waals surface area contributed by atoms with E-state index in [1.165, 1.54) is 0 Å². The summed E-state index contributed by atoms with van der Waals surface area (Å²) in [5, 5.41) is 12.0. The van der Waals surface area contributed by atoms with E-state index in [2.05, 4.69) is 16.4 Å². The first-order valence-electron chi connectivity index (χ1n) is 4.97. The molecule has 0 aliphatic rings. The van der Waals surface area contributed by atoms with Crippen molar-refractivity contribution >= 4 is 0 Å². The van der Waals surface area contributed by atoms with Crippen molar-refractivity contribution in [3.8, 4) is 6.07 Å². The third-order valence-electron chi connectivity index (χ3n) is 2.19. The van der Waals surface area contributed by atoms with Crippen LogP contribution in [-0.4, -0.2) is 4.98 Å². The molecule has 0 saturated carbocycles. The van der Waals surface area contributed by atoms with E-state index < -0.39 is 0 Å². The minimum absolute atomic E-state index is 0.467. The van der Waals surface area contributed by atoms with Crippen LogP contribution in [-0.2, 0) is 13.1 Å². The van der Waals surface area contributed by atoms with Crippen LogP contribution in [0, 0.1) is 11.3 Å². The summed E-state index contributed by atoms with van der Waals surface area (Å²) in [5.41, 5.74) is 1.37. The van der Waals surface area contributed by atoms with Crippen LogP contribution in [0.5, 0.6) is 0 Å². The van der Waals surface area contributed by atoms with E-state index in [-0.39, 0.29) is 0 Å². The van der Waals surface area contributed by atoms with Crippen LogP contribution in [0.2, 0.25) is 0 Å². The van der Waals surface area contributed by atoms with Gasteiger partial charge in [0.25, 0.3) is 0 Å². The summed E-state index contributed by atoms with van der Waals surface area (Å²) >= 11 is 0. The molecule has 2 heterocycles. The molecule has 2 aromatic heterocycles. The van der Waals surface area contributed by atoms with Crippen LogP contribution >= 0.6 is 0 Å². The van der Waals surface area contributed by atoms with Gasteiger partial charge in [-0.3, -0.25) is 0 Å². The van der Waals surface area contributed by atoms with Gasteiger partial charge in [0.2, 0.25) is 0 Å². The lowest BCUT2D eigenvalue weighted by atomic mass is 10.2. The van der Waals surface area contributed by atoms with E-state index in [0.29, 0.717) is 18.8 Å². The molecule has 80 valence electrons. The maximum atomic E-state index is 8.84. The zero-order valence-corrected chi connectivity index (χ0v) is 8.68. The molecule has 0 bridgehead atoms. The van der Waals surface area contributed by atoms with Gasteiger partial charge in [-0.1, -0.05) is 6.07 Å². The predicted molar refractivity (Wildman–Crippen MR) is 58.2 cm³/mol. The maximum Gasteiger partial charge on any atom is 0.144 e. The highest BCUT2D eigenvalue weighted by molar-refractivity contribution is 5.30. The first-order valence-corrected chi connectivity index (χ1v) is 4.97. The van der Waals surface area contributed by atoms with Gasteiger partial charge in [0, 0.05) is 18.3 Å². The van der Waals surface area contributed by atoms with Crippen LogP contribution in [0.4, 0.5) is 0 Å². The molecule has 0 spiro atoms. The Balaban J connectivity index is 1.93. The quantitative estimate of drug-likeness (QED) is 0.841. The number of nitriles is 1. The van der Waals surface area contributed by atoms with Crippen LogP contribution in [0.25, 0.3) is 0 Å². The molecule has 2 aromatic rings. The molecule has 4 nitrogen and oxygen atoms in total. The average molecular weight is 213 g/mol. The van der Waals surface area contributed by atoms with Crippen molar-refractivity contribution in [3.05, 3.63) is 53.7 Å². The molecule has 0 aliphatic carbocycles. The van der Waals surface area contributed by atoms with Gasteiger partial charge in [0.1, 0.15) is 17.5 Å². The Bertz CT molecular complexity index is 485. The second kappa shape index (κ2) is 5.10. The number of aromatic nitrogens is 1. The van der Waals surface area contributed by atoms with Crippen LogP contribution in [0.1, 0.15) is 17.0 Å². The molecule has 0 aliphatic heterocycles. The minimum Gasteiger partial charge on any atom is -0.468 e. The van der Waals surface area contributed by atoms with Gasteiger partial charge in [-0.05, 0) is 18.2 Å². The SMILES string of the molecule is N#Cc1ncccc1CNCc1ccco1. The predicted octanol–water partition coefficient (Wildman–Crippen LogP) is 1.84. The third kappa shape index (κ3) is 2.47. The van der Waals surface area contributed by atoms with Gasteiger partial charge in [-0.15, -0.1) is 0 Å². The van der Waals surface area contributed by atoms with Crippen molar-refractivity contribution < 1.29 is 4.42 Å². The lowest BCUT2D eigenvalue weighted by Gasteiger charge is -2.03. The Labute approximate surface area is 93.5 Å². The monoisotopic (exact) mass is 213 g/mol. The summed E-state index contributed by atoms with van der Waals surface area (Å²) in [6.45, 7) is 1.25. The fourth-order valence-electron chi connectivity index (χ4n) is 1.42. The molecule has 16 heavy (non-hydrogen) atoms. The second-order valence-electron chi connectivity index (χ2n) is 3.31. The van der Waals surface area contributed by atoms with Crippen molar-refractivity contribution in [2.24, 2.45) is 0 Å². The molecule has 0 atom stereocenters. The Morgan fingerprint density at radius 3 is 3.00 bits per heavy atom. The number of nitrogens with one attached hydrogen (secondary N) is 1. The fraction of sp³-hybridized carbons (Fsp3) is 0.167. The largest absolute Gasteiger partial charge is 0.468 e. The van der Waals surface area contributed by atoms with Gasteiger partial charge in [-0.2, -0.15) is 5.26 Å². The molecule has 1 N–H and O–H groups in total. The number of hydrogen-bond donors (Lipinski definition) is 1. The van der Waals surface area contributed by atoms with Crippen LogP contribution < -0.4 is 5.32 Å². The zero-order valence-electron chi connectivity index (χ0n) is 8.68. The van der Waals surface area contributed by atoms with E-state index in [1.807, 2.05) is 24.3 Å². The first kappa shape index (κ1) is 10.4. The maximum absolute atomic E-state index is 8.84. The number of nitrogens with zero attached hydrogens (tertiary/aromatic N) is 2. The standard InChI is InChI=1S/C12H11N3O/c13-7-12-10(3-1-5-15-12)8-14-9-11-4-2-6-16-11/h1-6,14H,8-9H2. The summed E-state index contributed by atoms with van der Waals surface area (Å²) < 4.78 is 5.18. The lowest BCUT2D eigenvalue weighted by molar-refractivity contribution is 0.483. The van der Waals surface area contributed by atoms with Crippen molar-refractivity contribution in [3.63, 3.8) is 0 Å². The number of furan rings is 1. The van der Waals surface area contributed by atoms with E-state index in [0.717, 1.165) is 11.3 Å². The Kier molecular flexibility index (Phi) is 3.31. The summed E-state index contributed by atoms with van der Waals surface area (Å²) in [7, 11) is 0. The number of pyridine rings is 1. The molecule has 0 radical (unpaired) electrons. The van der Waals surface area contributed by atoms with Crippen LogP contribution in [0.15, 0.2) is 41.1 Å². The highest BCUT2D eigenvalue weighted by atomic mass is 16.3. The highest BCUT2D eigenvalue weighted by Gasteiger charge is 2.01. The van der Waals surface area contributed by atoms with Gasteiger partial charge >= 0.3 is 0 Å². The smallest absolute Gasteiger partial charge is 0.144 e. The lowest BCUT2D eigenvalue weighted by Crippen LogP contribution is -2.13. The third-order valence-corrected chi connectivity index (χ3v) is 2.19. The Hall–Kier alpha value is -2.12. The fourth-order valence-corrected chi connectivity index (χ4v) is 1.42.